The zero-order chi connectivity index (χ0) is 12.5. The number of carbonyl (C=O) groups is 1. The van der Waals surface area contributed by atoms with Crippen LogP contribution in [0.4, 0.5) is 4.79 Å². The van der Waals surface area contributed by atoms with Gasteiger partial charge in [0.1, 0.15) is 0 Å². The van der Waals surface area contributed by atoms with Gasteiger partial charge in [0.25, 0.3) is 0 Å². The number of thiol groups is 1. The number of hydrogen-bond acceptors (Lipinski definition) is 4. The highest BCUT2D eigenvalue weighted by Gasteiger charge is 2.47. The molecule has 1 unspecified atom stereocenters. The van der Waals surface area contributed by atoms with Crippen LogP contribution >= 0.6 is 12.6 Å². The molecule has 4 nitrogen and oxygen atoms in total. The fourth-order valence-corrected chi connectivity index (χ4v) is 3.03. The molecule has 0 aromatic carbocycles. The predicted molar refractivity (Wildman–Crippen MR) is 70.3 cm³/mol. The minimum absolute atomic E-state index is 0.150. The Labute approximate surface area is 109 Å². The summed E-state index contributed by atoms with van der Waals surface area (Å²) in [5.41, 5.74) is 0.367. The first-order valence-corrected chi connectivity index (χ1v) is 6.92. The normalized spacial score (nSPS) is 25.5. The average Bonchev–Trinajstić information content (AvgIpc) is 2.26. The molecule has 2 rings (SSSR count). The van der Waals surface area contributed by atoms with Crippen LogP contribution in [0.3, 0.4) is 0 Å². The van der Waals surface area contributed by atoms with Gasteiger partial charge in [-0.2, -0.15) is 12.6 Å². The lowest BCUT2D eigenvalue weighted by atomic mass is 9.72. The molecular formula is C12H22N2O2S. The summed E-state index contributed by atoms with van der Waals surface area (Å²) >= 11 is 4.46. The first kappa shape index (κ1) is 13.0. The Balaban J connectivity index is 1.77. The van der Waals surface area contributed by atoms with E-state index in [1.54, 1.807) is 0 Å². The largest absolute Gasteiger partial charge is 0.450 e. The van der Waals surface area contributed by atoms with Crippen LogP contribution in [0.15, 0.2) is 0 Å². The fourth-order valence-electron chi connectivity index (χ4n) is 2.80. The number of nitrogens with zero attached hydrogens (tertiary/aromatic N) is 2. The molecule has 2 aliphatic rings. The van der Waals surface area contributed by atoms with E-state index in [-0.39, 0.29) is 6.09 Å². The van der Waals surface area contributed by atoms with Crippen molar-refractivity contribution in [1.29, 1.82) is 0 Å². The van der Waals surface area contributed by atoms with Gasteiger partial charge in [-0.15, -0.1) is 0 Å². The van der Waals surface area contributed by atoms with Crippen LogP contribution < -0.4 is 0 Å². The summed E-state index contributed by atoms with van der Waals surface area (Å²) in [5, 5.41) is 0.341. The molecular weight excluding hydrogens is 236 g/mol. The second-order valence-corrected chi connectivity index (χ2v) is 5.97. The van der Waals surface area contributed by atoms with Crippen molar-refractivity contribution in [2.24, 2.45) is 5.41 Å². The van der Waals surface area contributed by atoms with E-state index in [0.29, 0.717) is 17.4 Å². The number of likely N-dealkylation sites (tertiary alicyclic amines) is 2. The Kier molecular flexibility index (Phi) is 3.88. The third kappa shape index (κ3) is 2.71. The minimum atomic E-state index is -0.150. The van der Waals surface area contributed by atoms with Gasteiger partial charge in [-0.05, 0) is 39.8 Å². The molecule has 2 heterocycles. The standard InChI is InChI=1S/C12H22N2O2S/c1-3-16-11(15)14-8-12(9-14)4-6-13(7-5-12)10(2)17/h10,17H,3-9H2,1-2H3. The average molecular weight is 258 g/mol. The zero-order valence-corrected chi connectivity index (χ0v) is 11.6. The maximum atomic E-state index is 11.5. The number of carbonyl (C=O) groups excluding carboxylic acids is 1. The van der Waals surface area contributed by atoms with E-state index in [4.69, 9.17) is 4.74 Å². The smallest absolute Gasteiger partial charge is 0.409 e. The van der Waals surface area contributed by atoms with E-state index in [1.807, 2.05) is 11.8 Å². The predicted octanol–water partition coefficient (Wildman–Crippen LogP) is 1.82. The Hall–Kier alpha value is -0.420. The number of hydrogen-bond donors (Lipinski definition) is 1. The van der Waals surface area contributed by atoms with E-state index >= 15 is 0 Å². The van der Waals surface area contributed by atoms with Crippen LogP contribution in [0, 0.1) is 5.41 Å². The van der Waals surface area contributed by atoms with Gasteiger partial charge in [-0.1, -0.05) is 0 Å². The number of rotatable bonds is 2. The van der Waals surface area contributed by atoms with Crippen LogP contribution in [0.25, 0.3) is 0 Å². The highest BCUT2D eigenvalue weighted by Crippen LogP contribution is 2.41. The van der Waals surface area contributed by atoms with E-state index in [2.05, 4.69) is 24.5 Å². The van der Waals surface area contributed by atoms with E-state index in [9.17, 15) is 4.79 Å². The van der Waals surface area contributed by atoms with Crippen LogP contribution in [0.5, 0.6) is 0 Å². The zero-order valence-electron chi connectivity index (χ0n) is 10.7. The molecule has 2 aliphatic heterocycles. The maximum absolute atomic E-state index is 11.5. The maximum Gasteiger partial charge on any atom is 0.409 e. The summed E-state index contributed by atoms with van der Waals surface area (Å²) in [7, 11) is 0. The highest BCUT2D eigenvalue weighted by molar-refractivity contribution is 7.80. The van der Waals surface area contributed by atoms with Gasteiger partial charge in [0.05, 0.1) is 6.61 Å². The number of ether oxygens (including phenoxy) is 1. The van der Waals surface area contributed by atoms with Gasteiger partial charge in [0.15, 0.2) is 0 Å². The van der Waals surface area contributed by atoms with Gasteiger partial charge < -0.3 is 9.64 Å². The Bertz CT molecular complexity index is 280. The van der Waals surface area contributed by atoms with Crippen molar-refractivity contribution in [3.8, 4) is 0 Å². The lowest BCUT2D eigenvalue weighted by molar-refractivity contribution is -0.0414. The Morgan fingerprint density at radius 2 is 2.00 bits per heavy atom. The second-order valence-electron chi connectivity index (χ2n) is 5.22. The third-order valence-corrected chi connectivity index (χ3v) is 4.29. The monoisotopic (exact) mass is 258 g/mol. The van der Waals surface area contributed by atoms with Crippen molar-refractivity contribution in [2.75, 3.05) is 32.8 Å². The van der Waals surface area contributed by atoms with Gasteiger partial charge >= 0.3 is 6.09 Å². The lowest BCUT2D eigenvalue weighted by Crippen LogP contribution is -2.62. The molecule has 2 fully saturated rings. The first-order chi connectivity index (χ1) is 8.06. The molecule has 0 aliphatic carbocycles. The summed E-state index contributed by atoms with van der Waals surface area (Å²) in [4.78, 5) is 15.7. The van der Waals surface area contributed by atoms with Gasteiger partial charge in [0, 0.05) is 23.9 Å². The Morgan fingerprint density at radius 1 is 1.41 bits per heavy atom. The van der Waals surface area contributed by atoms with Crippen molar-refractivity contribution in [3.05, 3.63) is 0 Å². The molecule has 1 spiro atoms. The van der Waals surface area contributed by atoms with E-state index < -0.39 is 0 Å². The number of amides is 1. The fraction of sp³-hybridized carbons (Fsp3) is 0.917. The van der Waals surface area contributed by atoms with E-state index in [1.165, 1.54) is 12.8 Å². The lowest BCUT2D eigenvalue weighted by Gasteiger charge is -2.53. The van der Waals surface area contributed by atoms with Gasteiger partial charge in [-0.25, -0.2) is 4.79 Å². The molecule has 1 amide bonds. The van der Waals surface area contributed by atoms with Gasteiger partial charge in [-0.3, -0.25) is 4.90 Å². The molecule has 0 N–H and O–H groups in total. The molecule has 2 saturated heterocycles. The quantitative estimate of drug-likeness (QED) is 0.767. The van der Waals surface area contributed by atoms with Crippen molar-refractivity contribution >= 4 is 18.7 Å². The van der Waals surface area contributed by atoms with Gasteiger partial charge in [0.2, 0.25) is 0 Å². The topological polar surface area (TPSA) is 32.8 Å². The number of piperidine rings is 1. The second kappa shape index (κ2) is 5.06. The molecule has 98 valence electrons. The summed E-state index contributed by atoms with van der Waals surface area (Å²) in [6, 6.07) is 0. The molecule has 0 saturated carbocycles. The molecule has 5 heteroatoms. The first-order valence-electron chi connectivity index (χ1n) is 6.40. The van der Waals surface area contributed by atoms with Crippen molar-refractivity contribution in [2.45, 2.75) is 32.1 Å². The van der Waals surface area contributed by atoms with Crippen molar-refractivity contribution < 1.29 is 9.53 Å². The van der Waals surface area contributed by atoms with Crippen molar-refractivity contribution in [3.63, 3.8) is 0 Å². The molecule has 17 heavy (non-hydrogen) atoms. The molecule has 0 radical (unpaired) electrons. The third-order valence-electron chi connectivity index (χ3n) is 3.97. The van der Waals surface area contributed by atoms with Crippen LogP contribution in [-0.2, 0) is 4.74 Å². The van der Waals surface area contributed by atoms with Crippen LogP contribution in [-0.4, -0.2) is 54.1 Å². The molecule has 1 atom stereocenters. The highest BCUT2D eigenvalue weighted by atomic mass is 32.1. The van der Waals surface area contributed by atoms with E-state index in [0.717, 1.165) is 26.2 Å². The SMILES string of the molecule is CCOC(=O)N1CC2(CCN(C(C)S)CC2)C1. The Morgan fingerprint density at radius 3 is 2.47 bits per heavy atom. The van der Waals surface area contributed by atoms with Crippen molar-refractivity contribution in [1.82, 2.24) is 9.80 Å². The van der Waals surface area contributed by atoms with Crippen LogP contribution in [0.1, 0.15) is 26.7 Å². The molecule has 0 bridgehead atoms. The summed E-state index contributed by atoms with van der Waals surface area (Å²) in [6.45, 7) is 8.38. The molecule has 0 aromatic heterocycles. The summed E-state index contributed by atoms with van der Waals surface area (Å²) in [6.07, 6.45) is 2.20. The summed E-state index contributed by atoms with van der Waals surface area (Å²) < 4.78 is 5.00. The van der Waals surface area contributed by atoms with Crippen LogP contribution in [0.2, 0.25) is 0 Å². The minimum Gasteiger partial charge on any atom is -0.450 e. The molecule has 0 aromatic rings. The summed E-state index contributed by atoms with van der Waals surface area (Å²) in [5.74, 6) is 0.